The maximum atomic E-state index is 13.6. The Morgan fingerprint density at radius 1 is 1.27 bits per heavy atom. The lowest BCUT2D eigenvalue weighted by Gasteiger charge is -2.28. The van der Waals surface area contributed by atoms with E-state index in [0.29, 0.717) is 11.3 Å². The number of imide groups is 1. The van der Waals surface area contributed by atoms with E-state index in [2.05, 4.69) is 26.6 Å². The Labute approximate surface area is 183 Å². The van der Waals surface area contributed by atoms with E-state index in [4.69, 9.17) is 4.74 Å². The quantitative estimate of drug-likeness (QED) is 0.494. The second-order valence-electron chi connectivity index (χ2n) is 7.50. The fourth-order valence-corrected chi connectivity index (χ4v) is 6.07. The highest BCUT2D eigenvalue weighted by Crippen LogP contribution is 2.52. The number of esters is 1. The number of fused-ring (bicyclic) bond motifs is 4. The van der Waals surface area contributed by atoms with Crippen molar-refractivity contribution in [3.8, 4) is 0 Å². The molecule has 0 saturated carbocycles. The van der Waals surface area contributed by atoms with Crippen molar-refractivity contribution in [2.24, 2.45) is 11.8 Å². The zero-order chi connectivity index (χ0) is 21.4. The number of aryl methyl sites for hydroxylation is 1. The first-order chi connectivity index (χ1) is 14.3. The van der Waals surface area contributed by atoms with Gasteiger partial charge in [-0.05, 0) is 31.2 Å². The van der Waals surface area contributed by atoms with E-state index >= 15 is 0 Å². The lowest BCUT2D eigenvalue weighted by Crippen LogP contribution is -2.51. The zero-order valence-electron chi connectivity index (χ0n) is 15.9. The molecule has 3 aliphatic heterocycles. The van der Waals surface area contributed by atoms with Gasteiger partial charge in [0.1, 0.15) is 10.5 Å². The third kappa shape index (κ3) is 2.35. The van der Waals surface area contributed by atoms with Crippen LogP contribution in [0.3, 0.4) is 0 Å². The van der Waals surface area contributed by atoms with E-state index < -0.39 is 35.2 Å². The van der Waals surface area contributed by atoms with Gasteiger partial charge in [0.25, 0.3) is 0 Å². The highest BCUT2D eigenvalue weighted by atomic mass is 79.9. The summed E-state index contributed by atoms with van der Waals surface area (Å²) >= 11 is 4.60. The molecule has 1 aromatic heterocycles. The van der Waals surface area contributed by atoms with Gasteiger partial charge in [-0.25, -0.2) is 9.69 Å². The molecule has 2 saturated heterocycles. The molecule has 0 radical (unpaired) electrons. The van der Waals surface area contributed by atoms with Gasteiger partial charge < -0.3 is 10.1 Å². The first-order valence-electron chi connectivity index (χ1n) is 9.22. The van der Waals surface area contributed by atoms with Crippen molar-refractivity contribution in [1.82, 2.24) is 5.32 Å². The van der Waals surface area contributed by atoms with E-state index in [1.54, 1.807) is 31.2 Å². The summed E-state index contributed by atoms with van der Waals surface area (Å²) in [6.07, 6.45) is 0. The number of anilines is 2. The topological polar surface area (TPSA) is 105 Å². The normalized spacial score (nSPS) is 26.9. The summed E-state index contributed by atoms with van der Waals surface area (Å²) in [5.41, 5.74) is 0.0797. The molecule has 10 heteroatoms. The third-order valence-corrected chi connectivity index (χ3v) is 7.48. The molecule has 4 heterocycles. The minimum Gasteiger partial charge on any atom is -0.465 e. The first-order valence-corrected chi connectivity index (χ1v) is 10.8. The number of rotatable bonds is 2. The van der Waals surface area contributed by atoms with E-state index in [-0.39, 0.29) is 23.0 Å². The molecular weight excluding hydrogens is 474 g/mol. The van der Waals surface area contributed by atoms with Gasteiger partial charge in [-0.1, -0.05) is 15.9 Å². The summed E-state index contributed by atoms with van der Waals surface area (Å²) in [5.74, 6) is -3.51. The number of thiophene rings is 1. The van der Waals surface area contributed by atoms with E-state index in [1.807, 2.05) is 0 Å². The molecule has 8 nitrogen and oxygen atoms in total. The second kappa shape index (κ2) is 6.47. The molecule has 0 bridgehead atoms. The number of nitrogens with zero attached hydrogens (tertiary/aromatic N) is 1. The Morgan fingerprint density at radius 2 is 2.03 bits per heavy atom. The van der Waals surface area contributed by atoms with Crippen LogP contribution >= 0.6 is 27.3 Å². The van der Waals surface area contributed by atoms with Crippen LogP contribution in [0.5, 0.6) is 0 Å². The van der Waals surface area contributed by atoms with Gasteiger partial charge in [-0.3, -0.25) is 19.7 Å². The fourth-order valence-electron chi connectivity index (χ4n) is 4.70. The predicted octanol–water partition coefficient (Wildman–Crippen LogP) is 2.16. The molecule has 3 amide bonds. The Bertz CT molecular complexity index is 1160. The average Bonchev–Trinajstić information content (AvgIpc) is 3.42. The summed E-state index contributed by atoms with van der Waals surface area (Å²) in [6, 6.07) is 6.95. The van der Waals surface area contributed by atoms with Gasteiger partial charge in [-0.2, -0.15) is 0 Å². The number of methoxy groups -OCH3 is 1. The molecule has 0 aliphatic carbocycles. The largest absolute Gasteiger partial charge is 0.465 e. The standard InChI is InChI=1S/C20H16BrN3O5S/c1-8-5-10(18(27)29-2)17(30-8)24-15(25)11-7-22-20(14(11)16(24)26)12-6-9(21)3-4-13(12)23-19(20)28/h3-6,11,14,22H,7H2,1-2H3,(H,23,28)/t11-,14-,20-/m0/s1. The number of amides is 3. The van der Waals surface area contributed by atoms with Crippen LogP contribution in [-0.2, 0) is 24.7 Å². The number of hydrogen-bond acceptors (Lipinski definition) is 7. The summed E-state index contributed by atoms with van der Waals surface area (Å²) < 4.78 is 5.58. The smallest absolute Gasteiger partial charge is 0.340 e. The van der Waals surface area contributed by atoms with Gasteiger partial charge in [-0.15, -0.1) is 11.3 Å². The van der Waals surface area contributed by atoms with Crippen molar-refractivity contribution in [2.75, 3.05) is 23.9 Å². The molecule has 3 aliphatic rings. The zero-order valence-corrected chi connectivity index (χ0v) is 18.3. The van der Waals surface area contributed by atoms with E-state index in [1.165, 1.54) is 18.4 Å². The maximum Gasteiger partial charge on any atom is 0.340 e. The molecule has 154 valence electrons. The fraction of sp³-hybridized carbons (Fsp3) is 0.300. The summed E-state index contributed by atoms with van der Waals surface area (Å²) in [6.45, 7) is 1.97. The molecule has 2 N–H and O–H groups in total. The number of carbonyl (C=O) groups is 4. The van der Waals surface area contributed by atoms with Crippen molar-refractivity contribution < 1.29 is 23.9 Å². The maximum absolute atomic E-state index is 13.6. The van der Waals surface area contributed by atoms with Gasteiger partial charge in [0.2, 0.25) is 17.7 Å². The molecule has 0 unspecified atom stereocenters. The van der Waals surface area contributed by atoms with Gasteiger partial charge in [0.15, 0.2) is 0 Å². The van der Waals surface area contributed by atoms with Crippen LogP contribution in [0.25, 0.3) is 0 Å². The van der Waals surface area contributed by atoms with Crippen molar-refractivity contribution in [1.29, 1.82) is 0 Å². The van der Waals surface area contributed by atoms with Crippen molar-refractivity contribution in [2.45, 2.75) is 12.5 Å². The Morgan fingerprint density at radius 3 is 2.77 bits per heavy atom. The summed E-state index contributed by atoms with van der Waals surface area (Å²) in [4.78, 5) is 54.0. The van der Waals surface area contributed by atoms with Crippen molar-refractivity contribution in [3.63, 3.8) is 0 Å². The van der Waals surface area contributed by atoms with Crippen LogP contribution in [0.4, 0.5) is 10.7 Å². The summed E-state index contributed by atoms with van der Waals surface area (Å²) in [5, 5.41) is 6.23. The van der Waals surface area contributed by atoms with Gasteiger partial charge in [0, 0.05) is 27.1 Å². The second-order valence-corrected chi connectivity index (χ2v) is 9.65. The van der Waals surface area contributed by atoms with Crippen LogP contribution in [0.15, 0.2) is 28.7 Å². The SMILES string of the molecule is COC(=O)c1cc(C)sc1N1C(=O)[C@H]2CN[C@]3(C(=O)Nc4ccc(Br)cc43)[C@@H]2C1=O. The number of benzene rings is 1. The van der Waals surface area contributed by atoms with Crippen LogP contribution in [0.1, 0.15) is 20.8 Å². The molecule has 2 aromatic rings. The molecule has 2 fully saturated rings. The Kier molecular flexibility index (Phi) is 4.18. The van der Waals surface area contributed by atoms with E-state index in [0.717, 1.165) is 14.2 Å². The Balaban J connectivity index is 1.64. The summed E-state index contributed by atoms with van der Waals surface area (Å²) in [7, 11) is 1.25. The Hall–Kier alpha value is -2.56. The van der Waals surface area contributed by atoms with Gasteiger partial charge in [0.05, 0.1) is 24.5 Å². The molecule has 1 aromatic carbocycles. The van der Waals surface area contributed by atoms with Crippen LogP contribution < -0.4 is 15.5 Å². The molecule has 5 rings (SSSR count). The minimum absolute atomic E-state index is 0.169. The highest BCUT2D eigenvalue weighted by Gasteiger charge is 2.68. The average molecular weight is 490 g/mol. The number of hydrogen-bond donors (Lipinski definition) is 2. The number of halogens is 1. The third-order valence-electron chi connectivity index (χ3n) is 5.95. The molecule has 30 heavy (non-hydrogen) atoms. The molecule has 3 atom stereocenters. The first kappa shape index (κ1) is 19.4. The van der Waals surface area contributed by atoms with Crippen LogP contribution in [0, 0.1) is 18.8 Å². The lowest BCUT2D eigenvalue weighted by atomic mass is 9.77. The monoisotopic (exact) mass is 489 g/mol. The van der Waals surface area contributed by atoms with Crippen molar-refractivity contribution >= 4 is 61.6 Å². The molecular formula is C20H16BrN3O5S. The van der Waals surface area contributed by atoms with E-state index in [9.17, 15) is 19.2 Å². The van der Waals surface area contributed by atoms with Crippen LogP contribution in [-0.4, -0.2) is 37.3 Å². The lowest BCUT2D eigenvalue weighted by molar-refractivity contribution is -0.130. The molecule has 1 spiro atoms. The minimum atomic E-state index is -1.33. The number of ether oxygens (including phenoxy) is 1. The number of carbonyl (C=O) groups excluding carboxylic acids is 4. The predicted molar refractivity (Wildman–Crippen MR) is 112 cm³/mol. The highest BCUT2D eigenvalue weighted by molar-refractivity contribution is 9.10. The number of nitrogens with one attached hydrogen (secondary N) is 2. The van der Waals surface area contributed by atoms with Crippen molar-refractivity contribution in [3.05, 3.63) is 44.7 Å². The van der Waals surface area contributed by atoms with Gasteiger partial charge >= 0.3 is 5.97 Å². The van der Waals surface area contributed by atoms with Crippen LogP contribution in [0.2, 0.25) is 0 Å².